The number of hydrogen-bond donors (Lipinski definition) is 1. The second kappa shape index (κ2) is 5.08. The second-order valence-electron chi connectivity index (χ2n) is 9.04. The number of rotatable bonds is 0. The standard InChI is InChI=1S/C20H30O3/c1-12-19(2)9-7-16-15(17(19)11-18(22)23-12)5-4-13-10-14(21)6-8-20(13,16)3/h4,12,14-17,21H,5-11H2,1-3H3/t12-,14?,15+,16-,17-,19+,20-/m0/s1. The fourth-order valence-electron chi connectivity index (χ4n) is 6.44. The van der Waals surface area contributed by atoms with E-state index in [9.17, 15) is 9.90 Å². The van der Waals surface area contributed by atoms with Gasteiger partial charge in [-0.05, 0) is 68.6 Å². The minimum absolute atomic E-state index is 0.000351. The number of ether oxygens (including phenoxy) is 1. The van der Waals surface area contributed by atoms with Crippen molar-refractivity contribution in [1.82, 2.24) is 0 Å². The Morgan fingerprint density at radius 3 is 2.74 bits per heavy atom. The molecule has 1 heterocycles. The van der Waals surface area contributed by atoms with Crippen molar-refractivity contribution in [3.63, 3.8) is 0 Å². The van der Waals surface area contributed by atoms with Gasteiger partial charge in [0.05, 0.1) is 6.10 Å². The molecule has 3 nitrogen and oxygen atoms in total. The molecule has 7 atom stereocenters. The van der Waals surface area contributed by atoms with Crippen molar-refractivity contribution in [1.29, 1.82) is 0 Å². The first-order valence-electron chi connectivity index (χ1n) is 9.41. The van der Waals surface area contributed by atoms with Crippen LogP contribution in [0.4, 0.5) is 0 Å². The number of carbonyl (C=O) groups is 1. The maximum atomic E-state index is 12.1. The number of aliphatic hydroxyl groups excluding tert-OH is 1. The molecule has 4 rings (SSSR count). The van der Waals surface area contributed by atoms with Gasteiger partial charge in [0.15, 0.2) is 0 Å². The Morgan fingerprint density at radius 2 is 1.96 bits per heavy atom. The highest BCUT2D eigenvalue weighted by molar-refractivity contribution is 5.71. The smallest absolute Gasteiger partial charge is 0.306 e. The minimum atomic E-state index is -0.149. The lowest BCUT2D eigenvalue weighted by molar-refractivity contribution is -0.188. The molecule has 128 valence electrons. The van der Waals surface area contributed by atoms with Crippen molar-refractivity contribution in [3.8, 4) is 0 Å². The zero-order valence-electron chi connectivity index (χ0n) is 14.7. The van der Waals surface area contributed by atoms with E-state index in [1.54, 1.807) is 0 Å². The fraction of sp³-hybridized carbons (Fsp3) is 0.850. The fourth-order valence-corrected chi connectivity index (χ4v) is 6.44. The third-order valence-corrected chi connectivity index (χ3v) is 8.14. The van der Waals surface area contributed by atoms with E-state index in [4.69, 9.17) is 4.74 Å². The Balaban J connectivity index is 1.69. The third-order valence-electron chi connectivity index (χ3n) is 8.14. The van der Waals surface area contributed by atoms with Crippen LogP contribution in [0.1, 0.15) is 65.7 Å². The van der Waals surface area contributed by atoms with Gasteiger partial charge in [-0.1, -0.05) is 25.5 Å². The van der Waals surface area contributed by atoms with Crippen molar-refractivity contribution >= 4 is 5.97 Å². The van der Waals surface area contributed by atoms with Gasteiger partial charge >= 0.3 is 5.97 Å². The highest BCUT2D eigenvalue weighted by atomic mass is 16.5. The highest BCUT2D eigenvalue weighted by Crippen LogP contribution is 2.63. The number of cyclic esters (lactones) is 1. The number of aliphatic hydroxyl groups is 1. The molecule has 0 aromatic rings. The van der Waals surface area contributed by atoms with E-state index in [0.29, 0.717) is 24.2 Å². The van der Waals surface area contributed by atoms with Gasteiger partial charge in [-0.2, -0.15) is 0 Å². The van der Waals surface area contributed by atoms with E-state index in [2.05, 4.69) is 26.8 Å². The zero-order chi connectivity index (χ0) is 16.4. The van der Waals surface area contributed by atoms with E-state index < -0.39 is 0 Å². The first-order chi connectivity index (χ1) is 10.8. The van der Waals surface area contributed by atoms with Crippen molar-refractivity contribution in [2.45, 2.75) is 77.9 Å². The van der Waals surface area contributed by atoms with Crippen LogP contribution >= 0.6 is 0 Å². The van der Waals surface area contributed by atoms with Gasteiger partial charge in [0.25, 0.3) is 0 Å². The number of allylic oxidation sites excluding steroid dienone is 1. The van der Waals surface area contributed by atoms with E-state index in [-0.39, 0.29) is 29.0 Å². The molecule has 1 aliphatic heterocycles. The number of fused-ring (bicyclic) bond motifs is 5. The van der Waals surface area contributed by atoms with Crippen molar-refractivity contribution < 1.29 is 14.6 Å². The summed E-state index contributed by atoms with van der Waals surface area (Å²) in [7, 11) is 0. The summed E-state index contributed by atoms with van der Waals surface area (Å²) in [5, 5.41) is 10.1. The van der Waals surface area contributed by atoms with E-state index >= 15 is 0 Å². The summed E-state index contributed by atoms with van der Waals surface area (Å²) >= 11 is 0. The van der Waals surface area contributed by atoms with Crippen LogP contribution in [0.3, 0.4) is 0 Å². The summed E-state index contributed by atoms with van der Waals surface area (Å²) in [6.45, 7) is 6.86. The lowest BCUT2D eigenvalue weighted by Crippen LogP contribution is -2.56. The second-order valence-corrected chi connectivity index (χ2v) is 9.04. The van der Waals surface area contributed by atoms with Gasteiger partial charge in [-0.25, -0.2) is 0 Å². The predicted molar refractivity (Wildman–Crippen MR) is 88.6 cm³/mol. The summed E-state index contributed by atoms with van der Waals surface area (Å²) in [4.78, 5) is 12.1. The molecule has 3 fully saturated rings. The molecule has 2 saturated carbocycles. The molecule has 3 aliphatic carbocycles. The Morgan fingerprint density at radius 1 is 1.17 bits per heavy atom. The van der Waals surface area contributed by atoms with Gasteiger partial charge in [0, 0.05) is 11.8 Å². The molecule has 1 saturated heterocycles. The number of hydrogen-bond acceptors (Lipinski definition) is 3. The minimum Gasteiger partial charge on any atom is -0.462 e. The maximum absolute atomic E-state index is 12.1. The van der Waals surface area contributed by atoms with Crippen LogP contribution < -0.4 is 0 Å². The molecule has 0 spiro atoms. The van der Waals surface area contributed by atoms with Crippen molar-refractivity contribution in [3.05, 3.63) is 11.6 Å². The molecule has 23 heavy (non-hydrogen) atoms. The molecule has 0 amide bonds. The van der Waals surface area contributed by atoms with Gasteiger partial charge < -0.3 is 9.84 Å². The van der Waals surface area contributed by atoms with Crippen LogP contribution in [0.2, 0.25) is 0 Å². The average molecular weight is 318 g/mol. The summed E-state index contributed by atoms with van der Waals surface area (Å²) in [6, 6.07) is 0. The molecular formula is C20H30O3. The highest BCUT2D eigenvalue weighted by Gasteiger charge is 2.58. The Bertz CT molecular complexity index is 553. The van der Waals surface area contributed by atoms with Crippen LogP contribution in [-0.2, 0) is 9.53 Å². The van der Waals surface area contributed by atoms with E-state index in [1.165, 1.54) is 18.4 Å². The molecule has 3 heteroatoms. The molecule has 0 bridgehead atoms. The summed E-state index contributed by atoms with van der Waals surface area (Å²) in [5.41, 5.74) is 1.88. The summed E-state index contributed by atoms with van der Waals surface area (Å²) in [6.07, 6.45) is 9.29. The first kappa shape index (κ1) is 15.7. The monoisotopic (exact) mass is 318 g/mol. The van der Waals surface area contributed by atoms with Gasteiger partial charge in [-0.3, -0.25) is 4.79 Å². The number of esters is 1. The zero-order valence-corrected chi connectivity index (χ0v) is 14.7. The molecule has 1 N–H and O–H groups in total. The van der Waals surface area contributed by atoms with Crippen LogP contribution in [0.5, 0.6) is 0 Å². The van der Waals surface area contributed by atoms with E-state index in [1.807, 2.05) is 0 Å². The first-order valence-corrected chi connectivity index (χ1v) is 9.41. The molecule has 1 unspecified atom stereocenters. The van der Waals surface area contributed by atoms with Crippen molar-refractivity contribution in [2.75, 3.05) is 0 Å². The van der Waals surface area contributed by atoms with Crippen LogP contribution in [0.15, 0.2) is 11.6 Å². The summed E-state index contributed by atoms with van der Waals surface area (Å²) in [5.74, 6) is 1.73. The van der Waals surface area contributed by atoms with Gasteiger partial charge in [-0.15, -0.1) is 0 Å². The lowest BCUT2D eigenvalue weighted by atomic mass is 9.46. The topological polar surface area (TPSA) is 46.5 Å². The van der Waals surface area contributed by atoms with E-state index in [0.717, 1.165) is 25.7 Å². The molecule has 0 radical (unpaired) electrons. The predicted octanol–water partition coefficient (Wildman–Crippen LogP) is 3.85. The third kappa shape index (κ3) is 2.15. The average Bonchev–Trinajstić information content (AvgIpc) is 2.49. The summed E-state index contributed by atoms with van der Waals surface area (Å²) < 4.78 is 5.60. The number of carbonyl (C=O) groups excluding carboxylic acids is 1. The van der Waals surface area contributed by atoms with Gasteiger partial charge in [0.1, 0.15) is 6.10 Å². The van der Waals surface area contributed by atoms with Crippen LogP contribution in [-0.4, -0.2) is 23.3 Å². The molecule has 4 aliphatic rings. The van der Waals surface area contributed by atoms with Crippen molar-refractivity contribution in [2.24, 2.45) is 28.6 Å². The Hall–Kier alpha value is -0.830. The lowest BCUT2D eigenvalue weighted by Gasteiger charge is -2.60. The molecule has 0 aromatic carbocycles. The molecule has 0 aromatic heterocycles. The van der Waals surface area contributed by atoms with Gasteiger partial charge in [0.2, 0.25) is 0 Å². The quantitative estimate of drug-likeness (QED) is 0.545. The normalized spacial score (nSPS) is 52.6. The Labute approximate surface area is 139 Å². The van der Waals surface area contributed by atoms with Crippen LogP contribution in [0, 0.1) is 28.6 Å². The SMILES string of the molecule is C[C@@H]1OC(=O)C[C@H]2[C@@H]3CC=C4CC(O)CC[C@]4(C)[C@H]3CC[C@]12C. The van der Waals surface area contributed by atoms with Crippen LogP contribution in [0.25, 0.3) is 0 Å². The molecular weight excluding hydrogens is 288 g/mol. The largest absolute Gasteiger partial charge is 0.462 e. The maximum Gasteiger partial charge on any atom is 0.306 e. The Kier molecular flexibility index (Phi) is 3.46.